The third-order valence-electron chi connectivity index (χ3n) is 7.82. The Labute approximate surface area is 274 Å². The molecule has 0 aromatic rings. The number of unbranched alkanes of at least 4 members (excludes halogenated alkanes) is 7. The summed E-state index contributed by atoms with van der Waals surface area (Å²) in [5.41, 5.74) is 0. The van der Waals surface area contributed by atoms with Gasteiger partial charge in [-0.05, 0) is 57.3 Å². The number of ether oxygens (including phenoxy) is 2. The van der Waals surface area contributed by atoms with Crippen LogP contribution in [0.1, 0.15) is 143 Å². The Balaban J connectivity index is 3.75. The van der Waals surface area contributed by atoms with Crippen molar-refractivity contribution < 1.29 is 34.4 Å². The highest BCUT2D eigenvalue weighted by Crippen LogP contribution is 2.15. The molecule has 45 heavy (non-hydrogen) atoms. The van der Waals surface area contributed by atoms with Crippen molar-refractivity contribution in [1.29, 1.82) is 0 Å². The molecule has 0 fully saturated rings. The van der Waals surface area contributed by atoms with Crippen LogP contribution >= 0.6 is 0 Å². The molecule has 260 valence electrons. The monoisotopic (exact) mass is 634 g/mol. The van der Waals surface area contributed by atoms with E-state index in [9.17, 15) is 24.9 Å². The molecule has 0 aliphatic carbocycles. The summed E-state index contributed by atoms with van der Waals surface area (Å²) in [7, 11) is 0. The summed E-state index contributed by atoms with van der Waals surface area (Å²) < 4.78 is 10.2. The number of allylic oxidation sites excluding steroid dienone is 7. The lowest BCUT2D eigenvalue weighted by atomic mass is 9.99. The second-order valence-corrected chi connectivity index (χ2v) is 12.2. The van der Waals surface area contributed by atoms with Crippen LogP contribution in [0.25, 0.3) is 0 Å². The minimum absolute atomic E-state index is 0.0678. The fourth-order valence-electron chi connectivity index (χ4n) is 4.62. The Kier molecular flexibility index (Phi) is 30.2. The number of hydrogen-bond acceptors (Lipinski definition) is 7. The van der Waals surface area contributed by atoms with Gasteiger partial charge >= 0.3 is 11.9 Å². The van der Waals surface area contributed by atoms with Crippen LogP contribution in [0.2, 0.25) is 0 Å². The van der Waals surface area contributed by atoms with Gasteiger partial charge in [-0.15, -0.1) is 0 Å². The van der Waals surface area contributed by atoms with E-state index in [-0.39, 0.29) is 32.0 Å². The molecule has 0 aromatic carbocycles. The molecule has 4 atom stereocenters. The minimum Gasteiger partial charge on any atom is -0.463 e. The maximum Gasteiger partial charge on any atom is 0.305 e. The highest BCUT2D eigenvalue weighted by atomic mass is 16.6. The molecule has 1 unspecified atom stereocenters. The lowest BCUT2D eigenvalue weighted by molar-refractivity contribution is -0.152. The average molecular weight is 635 g/mol. The van der Waals surface area contributed by atoms with Crippen LogP contribution in [-0.2, 0) is 19.1 Å². The first-order chi connectivity index (χ1) is 21.8. The van der Waals surface area contributed by atoms with Gasteiger partial charge in [-0.2, -0.15) is 0 Å². The Bertz CT molecular complexity index is 817. The molecule has 7 heteroatoms. The number of esters is 2. The summed E-state index contributed by atoms with van der Waals surface area (Å²) in [6.45, 7) is 6.24. The predicted octanol–water partition coefficient (Wildman–Crippen LogP) is 8.47. The zero-order valence-electron chi connectivity index (χ0n) is 28.8. The number of aliphatic hydroxyl groups is 3. The largest absolute Gasteiger partial charge is 0.463 e. The van der Waals surface area contributed by atoms with E-state index in [4.69, 9.17) is 9.47 Å². The van der Waals surface area contributed by atoms with Crippen molar-refractivity contribution in [2.45, 2.75) is 161 Å². The Morgan fingerprint density at radius 3 is 1.58 bits per heavy atom. The van der Waals surface area contributed by atoms with E-state index in [1.165, 1.54) is 44.9 Å². The van der Waals surface area contributed by atoms with Gasteiger partial charge in [0.05, 0.1) is 12.2 Å². The molecular weight excluding hydrogens is 568 g/mol. The van der Waals surface area contributed by atoms with Crippen LogP contribution in [0.5, 0.6) is 0 Å². The van der Waals surface area contributed by atoms with Crippen molar-refractivity contribution in [2.24, 2.45) is 5.92 Å². The second-order valence-electron chi connectivity index (χ2n) is 12.2. The summed E-state index contributed by atoms with van der Waals surface area (Å²) in [6.07, 6.45) is 30.6. The summed E-state index contributed by atoms with van der Waals surface area (Å²) in [6, 6.07) is 0. The average Bonchev–Trinajstić information content (AvgIpc) is 3.03. The van der Waals surface area contributed by atoms with Gasteiger partial charge in [0.1, 0.15) is 19.3 Å². The Morgan fingerprint density at radius 2 is 1.04 bits per heavy atom. The number of rotatable bonds is 30. The third kappa shape index (κ3) is 30.2. The lowest BCUT2D eigenvalue weighted by Crippen LogP contribution is -2.26. The van der Waals surface area contributed by atoms with E-state index in [0.717, 1.165) is 50.9 Å². The summed E-state index contributed by atoms with van der Waals surface area (Å²) in [5.74, 6) is -0.00794. The quantitative estimate of drug-likeness (QED) is 0.0413. The SMILES string of the molecule is CC/C=C\C/C=C\C/C=C\C/C=C\C[C@H](O)[C@@H](O)CCCC(=O)OC[C@@H](O)COC(=O)CCCCCCCCCCC(C)CC. The zero-order chi connectivity index (χ0) is 33.4. The smallest absolute Gasteiger partial charge is 0.305 e. The molecule has 0 bridgehead atoms. The van der Waals surface area contributed by atoms with E-state index in [0.29, 0.717) is 19.3 Å². The first-order valence-electron chi connectivity index (χ1n) is 17.7. The molecule has 0 saturated heterocycles. The molecule has 0 rings (SSSR count). The van der Waals surface area contributed by atoms with Crippen LogP contribution < -0.4 is 0 Å². The molecule has 0 amide bonds. The Hall–Kier alpha value is -2.22. The first-order valence-corrected chi connectivity index (χ1v) is 17.7. The molecule has 0 aromatic heterocycles. The van der Waals surface area contributed by atoms with E-state index in [1.54, 1.807) is 0 Å². The summed E-state index contributed by atoms with van der Waals surface area (Å²) in [4.78, 5) is 23.9. The van der Waals surface area contributed by atoms with Gasteiger partial charge in [-0.3, -0.25) is 9.59 Å². The van der Waals surface area contributed by atoms with Crippen molar-refractivity contribution in [1.82, 2.24) is 0 Å². The molecule has 0 aliphatic heterocycles. The number of aliphatic hydroxyl groups excluding tert-OH is 3. The van der Waals surface area contributed by atoms with Crippen LogP contribution in [0.15, 0.2) is 48.6 Å². The van der Waals surface area contributed by atoms with Crippen LogP contribution in [0.4, 0.5) is 0 Å². The van der Waals surface area contributed by atoms with Crippen molar-refractivity contribution in [3.8, 4) is 0 Å². The van der Waals surface area contributed by atoms with Crippen molar-refractivity contribution in [2.75, 3.05) is 13.2 Å². The van der Waals surface area contributed by atoms with Crippen LogP contribution in [0, 0.1) is 5.92 Å². The predicted molar refractivity (Wildman–Crippen MR) is 185 cm³/mol. The van der Waals surface area contributed by atoms with Gasteiger partial charge in [-0.1, -0.05) is 127 Å². The van der Waals surface area contributed by atoms with Gasteiger partial charge in [0.25, 0.3) is 0 Å². The Morgan fingerprint density at radius 1 is 0.578 bits per heavy atom. The highest BCUT2D eigenvalue weighted by molar-refractivity contribution is 5.69. The van der Waals surface area contributed by atoms with Gasteiger partial charge in [0.15, 0.2) is 0 Å². The van der Waals surface area contributed by atoms with E-state index < -0.39 is 24.3 Å². The van der Waals surface area contributed by atoms with Crippen molar-refractivity contribution in [3.63, 3.8) is 0 Å². The highest BCUT2D eigenvalue weighted by Gasteiger charge is 2.16. The first kappa shape index (κ1) is 42.8. The second kappa shape index (κ2) is 31.7. The summed E-state index contributed by atoms with van der Waals surface area (Å²) in [5, 5.41) is 30.3. The van der Waals surface area contributed by atoms with Gasteiger partial charge in [0, 0.05) is 12.8 Å². The molecule has 0 saturated carbocycles. The van der Waals surface area contributed by atoms with Crippen LogP contribution in [0.3, 0.4) is 0 Å². The zero-order valence-corrected chi connectivity index (χ0v) is 28.8. The molecule has 0 radical (unpaired) electrons. The molecule has 3 N–H and O–H groups in total. The van der Waals surface area contributed by atoms with E-state index in [2.05, 4.69) is 57.2 Å². The fourth-order valence-corrected chi connectivity index (χ4v) is 4.62. The summed E-state index contributed by atoms with van der Waals surface area (Å²) >= 11 is 0. The molecule has 0 heterocycles. The van der Waals surface area contributed by atoms with E-state index in [1.807, 2.05) is 12.2 Å². The maximum absolute atomic E-state index is 12.0. The molecular formula is C38H66O7. The van der Waals surface area contributed by atoms with Crippen molar-refractivity contribution in [3.05, 3.63) is 48.6 Å². The normalized spacial score (nSPS) is 14.9. The lowest BCUT2D eigenvalue weighted by Gasteiger charge is -2.16. The molecule has 0 aliphatic rings. The van der Waals surface area contributed by atoms with Gasteiger partial charge < -0.3 is 24.8 Å². The maximum atomic E-state index is 12.0. The van der Waals surface area contributed by atoms with E-state index >= 15 is 0 Å². The molecule has 0 spiro atoms. The van der Waals surface area contributed by atoms with Gasteiger partial charge in [-0.25, -0.2) is 0 Å². The number of hydrogen-bond donors (Lipinski definition) is 3. The minimum atomic E-state index is -1.07. The molecule has 7 nitrogen and oxygen atoms in total. The standard InChI is InChI=1S/C38H66O7/c1-4-6-7-8-9-10-11-12-13-17-20-23-27-35(40)36(41)28-25-30-38(43)45-32-34(39)31-44-37(42)29-24-21-18-15-14-16-19-22-26-33(3)5-2/h6-7,9-10,12-13,20,23,33-36,39-41H,4-5,8,11,14-19,21-22,24-32H2,1-3H3/b7-6-,10-9-,13-12-,23-20-/t33?,34-,35-,36-/m0/s1. The number of carbonyl (C=O) groups is 2. The number of carbonyl (C=O) groups excluding carboxylic acids is 2. The third-order valence-corrected chi connectivity index (χ3v) is 7.82. The van der Waals surface area contributed by atoms with Gasteiger partial charge in [0.2, 0.25) is 0 Å². The topological polar surface area (TPSA) is 113 Å². The fraction of sp³-hybridized carbons (Fsp3) is 0.737. The van der Waals surface area contributed by atoms with Crippen LogP contribution in [-0.4, -0.2) is 58.8 Å². The van der Waals surface area contributed by atoms with Crippen molar-refractivity contribution >= 4 is 11.9 Å².